The number of carbonyl (C=O) groups is 1. The maximum Gasteiger partial charge on any atom is 0.226 e. The highest BCUT2D eigenvalue weighted by Crippen LogP contribution is 2.27. The van der Waals surface area contributed by atoms with Crippen LogP contribution in [-0.2, 0) is 24.3 Å². The van der Waals surface area contributed by atoms with Crippen LogP contribution in [0.1, 0.15) is 42.7 Å². The Morgan fingerprint density at radius 3 is 2.55 bits per heavy atom. The van der Waals surface area contributed by atoms with Gasteiger partial charge < -0.3 is 25.8 Å². The Morgan fingerprint density at radius 2 is 1.86 bits per heavy atom. The van der Waals surface area contributed by atoms with Gasteiger partial charge in [-0.05, 0) is 71.7 Å². The summed E-state index contributed by atoms with van der Waals surface area (Å²) in [6, 6.07) is 22.1. The van der Waals surface area contributed by atoms with Crippen molar-refractivity contribution in [2.24, 2.45) is 5.92 Å². The van der Waals surface area contributed by atoms with Crippen molar-refractivity contribution in [2.75, 3.05) is 17.6 Å². The van der Waals surface area contributed by atoms with Crippen molar-refractivity contribution in [1.29, 1.82) is 5.26 Å². The molecule has 0 aliphatic carbocycles. The summed E-state index contributed by atoms with van der Waals surface area (Å²) in [5.74, 6) is 0.0363. The van der Waals surface area contributed by atoms with E-state index in [4.69, 9.17) is 46.4 Å². The smallest absolute Gasteiger partial charge is 0.226 e. The van der Waals surface area contributed by atoms with Gasteiger partial charge in [-0.2, -0.15) is 5.26 Å². The van der Waals surface area contributed by atoms with Crippen molar-refractivity contribution in [1.82, 2.24) is 19.8 Å². The predicted molar refractivity (Wildman–Crippen MR) is 182 cm³/mol. The maximum atomic E-state index is 13.5. The minimum atomic E-state index is -0.216. The van der Waals surface area contributed by atoms with Gasteiger partial charge in [0.15, 0.2) is 5.11 Å². The molecule has 0 unspecified atom stereocenters. The lowest BCUT2D eigenvalue weighted by molar-refractivity contribution is -0.121. The van der Waals surface area contributed by atoms with Gasteiger partial charge in [0.2, 0.25) is 5.91 Å². The summed E-state index contributed by atoms with van der Waals surface area (Å²) in [4.78, 5) is 19.7. The summed E-state index contributed by atoms with van der Waals surface area (Å²) in [7, 11) is 0. The lowest BCUT2D eigenvalue weighted by Gasteiger charge is -2.33. The molecule has 0 saturated heterocycles. The zero-order chi connectivity index (χ0) is 31.6. The van der Waals surface area contributed by atoms with E-state index in [2.05, 4.69) is 35.5 Å². The predicted octanol–water partition coefficient (Wildman–Crippen LogP) is 6.66. The third kappa shape index (κ3) is 8.96. The average molecular weight is 649 g/mol. The molecule has 0 spiro atoms. The van der Waals surface area contributed by atoms with Crippen LogP contribution in [0.4, 0.5) is 11.4 Å². The van der Waals surface area contributed by atoms with E-state index in [1.807, 2.05) is 45.9 Å². The molecule has 0 bridgehead atoms. The van der Waals surface area contributed by atoms with Crippen LogP contribution in [0.2, 0.25) is 10.0 Å². The van der Waals surface area contributed by atoms with Crippen molar-refractivity contribution in [2.45, 2.75) is 45.8 Å². The fourth-order valence-corrected chi connectivity index (χ4v) is 5.33. The quantitative estimate of drug-likeness (QED) is 0.116. The molecule has 4 rings (SSSR count). The summed E-state index contributed by atoms with van der Waals surface area (Å²) < 4.78 is 1.94. The van der Waals surface area contributed by atoms with E-state index in [0.717, 1.165) is 28.9 Å². The van der Waals surface area contributed by atoms with Gasteiger partial charge in [0.1, 0.15) is 0 Å². The second-order valence-corrected chi connectivity index (χ2v) is 11.9. The number of hydrogen-bond donors (Lipinski definition) is 3. The number of amides is 1. The van der Waals surface area contributed by atoms with Gasteiger partial charge in [-0.3, -0.25) is 4.79 Å². The van der Waals surface area contributed by atoms with E-state index in [-0.39, 0.29) is 24.3 Å². The highest BCUT2D eigenvalue weighted by atomic mass is 35.5. The zero-order valence-corrected chi connectivity index (χ0v) is 27.0. The van der Waals surface area contributed by atoms with Gasteiger partial charge in [-0.1, -0.05) is 67.7 Å². The fourth-order valence-electron chi connectivity index (χ4n) is 4.70. The number of halogens is 2. The molecule has 0 aliphatic rings. The fraction of sp³-hybridized carbons (Fsp3) is 0.273. The molecule has 0 saturated carbocycles. The summed E-state index contributed by atoms with van der Waals surface area (Å²) in [5, 5.41) is 17.0. The van der Waals surface area contributed by atoms with Crippen LogP contribution in [0, 0.1) is 17.2 Å². The van der Waals surface area contributed by atoms with Crippen molar-refractivity contribution in [3.8, 4) is 6.07 Å². The van der Waals surface area contributed by atoms with Gasteiger partial charge in [0.25, 0.3) is 0 Å². The minimum absolute atomic E-state index is 0.116. The number of rotatable bonds is 12. The van der Waals surface area contributed by atoms with E-state index in [0.29, 0.717) is 46.0 Å². The summed E-state index contributed by atoms with van der Waals surface area (Å²) in [6.45, 7) is 5.58. The molecule has 1 aromatic heterocycles. The lowest BCUT2D eigenvalue weighted by Crippen LogP contribution is -2.50. The number of hydrogen-bond acceptors (Lipinski definition) is 5. The highest BCUT2D eigenvalue weighted by Gasteiger charge is 2.25. The number of nitriles is 1. The molecule has 1 heterocycles. The largest absolute Gasteiger partial charge is 0.399 e. The number of benzene rings is 3. The van der Waals surface area contributed by atoms with Crippen molar-refractivity contribution in [3.63, 3.8) is 0 Å². The molecule has 3 aromatic carbocycles. The Labute approximate surface area is 273 Å². The number of nitrogen functional groups attached to an aromatic ring is 1. The van der Waals surface area contributed by atoms with Crippen LogP contribution in [0.25, 0.3) is 0 Å². The third-order valence-electron chi connectivity index (χ3n) is 7.51. The molecule has 2 atom stereocenters. The van der Waals surface area contributed by atoms with Gasteiger partial charge >= 0.3 is 0 Å². The van der Waals surface area contributed by atoms with E-state index >= 15 is 0 Å². The Bertz CT molecular complexity index is 1620. The molecule has 0 radical (unpaired) electrons. The Morgan fingerprint density at radius 1 is 1.14 bits per heavy atom. The number of imidazole rings is 1. The minimum Gasteiger partial charge on any atom is -0.399 e. The van der Waals surface area contributed by atoms with Crippen LogP contribution >= 0.6 is 35.4 Å². The molecule has 1 amide bonds. The SMILES string of the molecule is CC[C@H](C)[C@@H](CN(Cc1cccc(Cl)c1Cl)C(=S)Nc1ccc(N)cc1)NC(=O)Cc1cncn1Cc1ccc(C#N)cc1. The number of anilines is 2. The second kappa shape index (κ2) is 15.6. The summed E-state index contributed by atoms with van der Waals surface area (Å²) >= 11 is 18.8. The standard InChI is InChI=1S/C33H35Cl2N7OS/c1-3-22(2)30(40-31(43)15-28-17-38-21-42(28)18-24-9-7-23(16-36)8-10-24)20-41(19-25-5-4-6-29(34)32(25)35)33(44)39-27-13-11-26(37)12-14-27/h4-14,17,21-22,30H,3,15,18-20,37H2,1-2H3,(H,39,44)(H,40,43)/t22-,30+/m0/s1. The van der Waals surface area contributed by atoms with Gasteiger partial charge in [0.05, 0.1) is 34.4 Å². The zero-order valence-electron chi connectivity index (χ0n) is 24.6. The molecule has 44 heavy (non-hydrogen) atoms. The van der Waals surface area contributed by atoms with Crippen LogP contribution in [0.5, 0.6) is 0 Å². The first-order chi connectivity index (χ1) is 21.2. The molecule has 4 aromatic rings. The van der Waals surface area contributed by atoms with E-state index in [9.17, 15) is 4.79 Å². The van der Waals surface area contributed by atoms with E-state index in [1.54, 1.807) is 42.9 Å². The van der Waals surface area contributed by atoms with Crippen LogP contribution in [0.3, 0.4) is 0 Å². The first-order valence-corrected chi connectivity index (χ1v) is 15.4. The lowest BCUT2D eigenvalue weighted by atomic mass is 9.98. The number of aromatic nitrogens is 2. The van der Waals surface area contributed by atoms with Crippen molar-refractivity contribution in [3.05, 3.63) is 112 Å². The normalized spacial score (nSPS) is 12.2. The number of carbonyl (C=O) groups excluding carboxylic acids is 1. The monoisotopic (exact) mass is 647 g/mol. The van der Waals surface area contributed by atoms with E-state index in [1.165, 1.54) is 0 Å². The Balaban J connectivity index is 1.51. The Hall–Kier alpha value is -4.10. The van der Waals surface area contributed by atoms with Crippen molar-refractivity contribution < 1.29 is 4.79 Å². The topological polar surface area (TPSA) is 112 Å². The molecule has 11 heteroatoms. The number of thiocarbonyl (C=S) groups is 1. The van der Waals surface area contributed by atoms with Crippen LogP contribution < -0.4 is 16.4 Å². The highest BCUT2D eigenvalue weighted by molar-refractivity contribution is 7.80. The molecular weight excluding hydrogens is 613 g/mol. The molecule has 0 aliphatic heterocycles. The number of nitrogens with two attached hydrogens (primary N) is 1. The van der Waals surface area contributed by atoms with Gasteiger partial charge in [-0.25, -0.2) is 4.98 Å². The molecule has 4 N–H and O–H groups in total. The van der Waals surface area contributed by atoms with Crippen LogP contribution in [0.15, 0.2) is 79.3 Å². The second-order valence-electron chi connectivity index (χ2n) is 10.7. The number of nitrogens with one attached hydrogen (secondary N) is 2. The van der Waals surface area contributed by atoms with Crippen LogP contribution in [-0.4, -0.2) is 38.1 Å². The average Bonchev–Trinajstić information content (AvgIpc) is 3.45. The first-order valence-electron chi connectivity index (χ1n) is 14.3. The molecular formula is C33H35Cl2N7OS. The number of nitrogens with zero attached hydrogens (tertiary/aromatic N) is 4. The molecule has 0 fully saturated rings. The third-order valence-corrected chi connectivity index (χ3v) is 8.73. The van der Waals surface area contributed by atoms with Gasteiger partial charge in [0, 0.05) is 48.9 Å². The van der Waals surface area contributed by atoms with Crippen molar-refractivity contribution >= 4 is 57.8 Å². The summed E-state index contributed by atoms with van der Waals surface area (Å²) in [5.41, 5.74) is 10.5. The van der Waals surface area contributed by atoms with Gasteiger partial charge in [-0.15, -0.1) is 0 Å². The maximum absolute atomic E-state index is 13.5. The molecule has 8 nitrogen and oxygen atoms in total. The van der Waals surface area contributed by atoms with E-state index < -0.39 is 0 Å². The molecule has 228 valence electrons. The Kier molecular flexibility index (Phi) is 11.6. The summed E-state index contributed by atoms with van der Waals surface area (Å²) in [6.07, 6.45) is 4.44. The first kappa shape index (κ1) is 32.8.